The van der Waals surface area contributed by atoms with Crippen LogP contribution < -0.4 is 5.59 Å². The number of nitrogens with zero attached hydrogens (tertiary/aromatic N) is 1. The lowest BCUT2D eigenvalue weighted by Crippen LogP contribution is -2.31. The maximum atomic E-state index is 8.52. The van der Waals surface area contributed by atoms with Gasteiger partial charge in [-0.3, -0.25) is 4.98 Å². The van der Waals surface area contributed by atoms with Crippen LogP contribution in [0.3, 0.4) is 0 Å². The van der Waals surface area contributed by atoms with Gasteiger partial charge in [-0.2, -0.15) is 0 Å². The summed E-state index contributed by atoms with van der Waals surface area (Å²) >= 11 is 0. The van der Waals surface area contributed by atoms with Gasteiger partial charge in [-0.15, -0.1) is 0 Å². The molecule has 0 atom stereocenters. The first kappa shape index (κ1) is 11.1. The Bertz CT molecular complexity index is 196. The van der Waals surface area contributed by atoms with Crippen molar-refractivity contribution in [1.82, 2.24) is 4.98 Å². The molecule has 0 aliphatic carbocycles. The Labute approximate surface area is 70.8 Å². The normalized spacial score (nSPS) is 8.00. The fraction of sp³-hybridized carbons (Fsp3) is 0. The second-order valence-corrected chi connectivity index (χ2v) is 1.74. The first-order valence-electron chi connectivity index (χ1n) is 3.09. The van der Waals surface area contributed by atoms with Gasteiger partial charge in [0.15, 0.2) is 0 Å². The van der Waals surface area contributed by atoms with Crippen LogP contribution in [0.25, 0.3) is 0 Å². The largest absolute Gasteiger partial charge is 0.508 e. The highest BCUT2D eigenvalue weighted by Gasteiger charge is 2.09. The molecule has 0 saturated heterocycles. The summed E-state index contributed by atoms with van der Waals surface area (Å²) < 4.78 is 0. The highest BCUT2D eigenvalue weighted by Crippen LogP contribution is 1.76. The highest BCUT2D eigenvalue weighted by molar-refractivity contribution is 6.57. The van der Waals surface area contributed by atoms with E-state index in [1.165, 1.54) is 6.20 Å². The van der Waals surface area contributed by atoms with Crippen molar-refractivity contribution in [3.63, 3.8) is 0 Å². The topological polar surface area (TPSA) is 93.8 Å². The molecule has 1 aromatic heterocycles. The lowest BCUT2D eigenvalue weighted by Gasteiger charge is -1.93. The van der Waals surface area contributed by atoms with E-state index < -0.39 is 7.12 Å². The first-order chi connectivity index (χ1) is 5.72. The third-order valence-corrected chi connectivity index (χ3v) is 0.952. The zero-order valence-corrected chi connectivity index (χ0v) is 6.20. The maximum absolute atomic E-state index is 8.52. The summed E-state index contributed by atoms with van der Waals surface area (Å²) in [4.78, 5) is 3.68. The smallest absolute Gasteiger partial charge is 0.429 e. The van der Waals surface area contributed by atoms with Crippen molar-refractivity contribution in [2.24, 2.45) is 0 Å². The second kappa shape index (κ2) is 6.81. The van der Waals surface area contributed by atoms with Crippen LogP contribution in [0.15, 0.2) is 24.4 Å². The van der Waals surface area contributed by atoms with Gasteiger partial charge in [-0.05, 0) is 12.1 Å². The Kier molecular flexibility index (Phi) is 6.31. The Morgan fingerprint density at radius 3 is 2.08 bits per heavy atom. The van der Waals surface area contributed by atoms with Crippen molar-refractivity contribution < 1.29 is 20.1 Å². The van der Waals surface area contributed by atoms with Gasteiger partial charge >= 0.3 is 14.8 Å². The molecule has 4 N–H and O–H groups in total. The zero-order valence-electron chi connectivity index (χ0n) is 6.20. The third-order valence-electron chi connectivity index (χ3n) is 0.952. The van der Waals surface area contributed by atoms with Gasteiger partial charge in [0, 0.05) is 6.20 Å². The summed E-state index contributed by atoms with van der Waals surface area (Å²) in [5.74, 6) is 0. The van der Waals surface area contributed by atoms with Crippen LogP contribution in [-0.2, 0) is 0 Å². The van der Waals surface area contributed by atoms with Gasteiger partial charge in [0.1, 0.15) is 0 Å². The number of rotatable bonds is 1. The van der Waals surface area contributed by atoms with Gasteiger partial charge in [0.2, 0.25) is 0 Å². The Hall–Kier alpha value is -0.880. The molecule has 1 rings (SSSR count). The van der Waals surface area contributed by atoms with Gasteiger partial charge < -0.3 is 20.1 Å². The number of aromatic nitrogens is 1. The molecule has 0 bridgehead atoms. The molecular formula is C5H8B2NO4. The molecule has 12 heavy (non-hydrogen) atoms. The monoisotopic (exact) mass is 168 g/mol. The van der Waals surface area contributed by atoms with Crippen LogP contribution in [0, 0.1) is 0 Å². The predicted molar refractivity (Wildman–Crippen MR) is 44.3 cm³/mol. The third kappa shape index (κ3) is 4.86. The summed E-state index contributed by atoms with van der Waals surface area (Å²) in [6.07, 6.45) is 1.51. The lowest BCUT2D eigenvalue weighted by molar-refractivity contribution is 0.424. The number of hydrogen-bond acceptors (Lipinski definition) is 5. The quantitative estimate of drug-likeness (QED) is 0.341. The molecule has 0 amide bonds. The SMILES string of the molecule is OB(O)c1ccccn1.O[B]O. The fourth-order valence-electron chi connectivity index (χ4n) is 0.529. The lowest BCUT2D eigenvalue weighted by atomic mass is 9.86. The van der Waals surface area contributed by atoms with Crippen molar-refractivity contribution in [2.75, 3.05) is 0 Å². The molecule has 1 aromatic rings. The minimum atomic E-state index is -1.45. The standard InChI is InChI=1S/C5H6BNO2.BH2O2/c8-6(9)5-3-1-2-4-7-5;2-1-3/h1-4,8-9H;2-3H. The van der Waals surface area contributed by atoms with E-state index in [4.69, 9.17) is 20.1 Å². The highest BCUT2D eigenvalue weighted by atomic mass is 16.4. The van der Waals surface area contributed by atoms with Crippen LogP contribution in [0.5, 0.6) is 0 Å². The van der Waals surface area contributed by atoms with Crippen LogP contribution >= 0.6 is 0 Å². The molecule has 63 valence electrons. The predicted octanol–water partition coefficient (Wildman–Crippen LogP) is -2.73. The van der Waals surface area contributed by atoms with Crippen molar-refractivity contribution in [2.45, 2.75) is 0 Å². The average molecular weight is 168 g/mol. The van der Waals surface area contributed by atoms with Crippen LogP contribution in [0.1, 0.15) is 0 Å². The maximum Gasteiger partial charge on any atom is 0.508 e. The molecule has 0 aromatic carbocycles. The molecule has 0 unspecified atom stereocenters. The van der Waals surface area contributed by atoms with Crippen molar-refractivity contribution in [3.8, 4) is 0 Å². The van der Waals surface area contributed by atoms with Gasteiger partial charge in [0.25, 0.3) is 0 Å². The van der Waals surface area contributed by atoms with E-state index in [9.17, 15) is 0 Å². The fourth-order valence-corrected chi connectivity index (χ4v) is 0.529. The summed E-state index contributed by atoms with van der Waals surface area (Å²) in [6.45, 7) is 0. The van der Waals surface area contributed by atoms with E-state index in [0.717, 1.165) is 0 Å². The molecule has 1 radical (unpaired) electrons. The van der Waals surface area contributed by atoms with E-state index in [-0.39, 0.29) is 13.3 Å². The van der Waals surface area contributed by atoms with Crippen molar-refractivity contribution >= 4 is 20.4 Å². The second-order valence-electron chi connectivity index (χ2n) is 1.74. The molecule has 5 nitrogen and oxygen atoms in total. The van der Waals surface area contributed by atoms with E-state index in [1.54, 1.807) is 18.2 Å². The molecule has 0 spiro atoms. The Morgan fingerprint density at radius 1 is 1.25 bits per heavy atom. The van der Waals surface area contributed by atoms with E-state index in [1.807, 2.05) is 0 Å². The Morgan fingerprint density at radius 2 is 1.83 bits per heavy atom. The summed E-state index contributed by atoms with van der Waals surface area (Å²) in [7, 11) is -1.45. The molecule has 7 heteroatoms. The van der Waals surface area contributed by atoms with Gasteiger partial charge in [-0.25, -0.2) is 0 Å². The summed E-state index contributed by atoms with van der Waals surface area (Å²) in [5, 5.41) is 31.0. The molecule has 0 fully saturated rings. The number of pyridine rings is 1. The molecule has 0 saturated carbocycles. The summed E-state index contributed by atoms with van der Waals surface area (Å²) in [6, 6.07) is 4.96. The van der Waals surface area contributed by atoms with E-state index in [2.05, 4.69) is 4.98 Å². The number of hydrogen-bond donors (Lipinski definition) is 4. The van der Waals surface area contributed by atoms with E-state index in [0.29, 0.717) is 0 Å². The van der Waals surface area contributed by atoms with Crippen molar-refractivity contribution in [1.29, 1.82) is 0 Å². The van der Waals surface area contributed by atoms with Crippen LogP contribution in [0.2, 0.25) is 0 Å². The zero-order chi connectivity index (χ0) is 9.40. The van der Waals surface area contributed by atoms with Gasteiger partial charge in [0.05, 0.1) is 5.59 Å². The van der Waals surface area contributed by atoms with Crippen LogP contribution in [0.4, 0.5) is 0 Å². The molecular weight excluding hydrogens is 160 g/mol. The minimum Gasteiger partial charge on any atom is -0.429 e. The van der Waals surface area contributed by atoms with Crippen molar-refractivity contribution in [3.05, 3.63) is 24.4 Å². The molecule has 0 aliphatic rings. The van der Waals surface area contributed by atoms with Gasteiger partial charge in [-0.1, -0.05) is 6.07 Å². The van der Waals surface area contributed by atoms with Crippen LogP contribution in [-0.4, -0.2) is 39.9 Å². The first-order valence-corrected chi connectivity index (χ1v) is 3.09. The Balaban J connectivity index is 0.000000354. The minimum absolute atomic E-state index is 0. The van der Waals surface area contributed by atoms with E-state index >= 15 is 0 Å². The average Bonchev–Trinajstić information content (AvgIpc) is 2.07. The molecule has 1 heterocycles. The summed E-state index contributed by atoms with van der Waals surface area (Å²) in [5.41, 5.74) is 0.275. The molecule has 0 aliphatic heterocycles.